The Balaban J connectivity index is 1.37. The minimum atomic E-state index is -3.77. The molecule has 2 fully saturated rings. The molecule has 2 atom stereocenters. The topological polar surface area (TPSA) is 103 Å². The van der Waals surface area contributed by atoms with Gasteiger partial charge in [0.25, 0.3) is 0 Å². The Morgan fingerprint density at radius 3 is 2.42 bits per heavy atom. The molecule has 2 aromatic carbocycles. The molecule has 0 radical (unpaired) electrons. The average Bonchev–Trinajstić information content (AvgIpc) is 2.87. The first kappa shape index (κ1) is 28.2. The maximum Gasteiger partial charge on any atom is 0.242 e. The van der Waals surface area contributed by atoms with Crippen LogP contribution in [0.5, 0.6) is 0 Å². The van der Waals surface area contributed by atoms with Crippen LogP contribution in [0.15, 0.2) is 47.4 Å². The van der Waals surface area contributed by atoms with Crippen LogP contribution in [0.3, 0.4) is 0 Å². The number of nitrogens with two attached hydrogens (primary N) is 1. The second-order valence-electron chi connectivity index (χ2n) is 10.6. The number of anilines is 1. The predicted octanol–water partition coefficient (Wildman–Crippen LogP) is 3.19. The van der Waals surface area contributed by atoms with Gasteiger partial charge in [-0.2, -0.15) is 4.31 Å². The molecule has 2 aliphatic rings. The number of hydrogen-bond acceptors (Lipinski definition) is 6. The number of amides is 1. The summed E-state index contributed by atoms with van der Waals surface area (Å²) in [5.41, 5.74) is 9.29. The number of nitrogens with one attached hydrogen (secondary N) is 1. The van der Waals surface area contributed by atoms with Gasteiger partial charge in [0.15, 0.2) is 5.69 Å². The number of carbonyl (C=O) groups excluding carboxylic acids is 1. The van der Waals surface area contributed by atoms with Crippen molar-refractivity contribution in [1.29, 1.82) is 0 Å². The second-order valence-corrected chi connectivity index (χ2v) is 12.5. The van der Waals surface area contributed by atoms with Gasteiger partial charge in [0.1, 0.15) is 0 Å². The van der Waals surface area contributed by atoms with Crippen LogP contribution in [0.4, 0.5) is 11.4 Å². The van der Waals surface area contributed by atoms with Gasteiger partial charge in [0, 0.05) is 43.4 Å². The number of nitrogens with zero attached hydrogens (tertiary/aromatic N) is 4. The molecule has 2 aromatic rings. The predicted molar refractivity (Wildman–Crippen MR) is 149 cm³/mol. The number of sulfonamides is 1. The highest BCUT2D eigenvalue weighted by Gasteiger charge is 2.38. The number of benzene rings is 2. The zero-order chi connectivity index (χ0) is 27.4. The van der Waals surface area contributed by atoms with E-state index in [9.17, 15) is 13.2 Å². The summed E-state index contributed by atoms with van der Waals surface area (Å²) < 4.78 is 28.3. The second kappa shape index (κ2) is 11.9. The normalized spacial score (nSPS) is 22.2. The number of carbonyl (C=O) groups is 1. The van der Waals surface area contributed by atoms with Crippen molar-refractivity contribution in [3.05, 3.63) is 65.0 Å². The minimum Gasteiger partial charge on any atom is -0.328 e. The summed E-state index contributed by atoms with van der Waals surface area (Å²) in [6, 6.07) is 12.0. The lowest BCUT2D eigenvalue weighted by atomic mass is 10.0. The Hall–Kier alpha value is -2.81. The molecule has 204 valence electrons. The van der Waals surface area contributed by atoms with Crippen molar-refractivity contribution in [3.63, 3.8) is 0 Å². The first-order valence-electron chi connectivity index (χ1n) is 13.2. The van der Waals surface area contributed by atoms with E-state index in [2.05, 4.69) is 27.2 Å². The highest BCUT2D eigenvalue weighted by Crippen LogP contribution is 2.28. The van der Waals surface area contributed by atoms with E-state index in [-0.39, 0.29) is 29.4 Å². The fourth-order valence-corrected chi connectivity index (χ4v) is 7.36. The summed E-state index contributed by atoms with van der Waals surface area (Å²) >= 11 is 0. The highest BCUT2D eigenvalue weighted by atomic mass is 32.2. The molecule has 0 aliphatic carbocycles. The van der Waals surface area contributed by atoms with Crippen LogP contribution in [0.2, 0.25) is 0 Å². The molecule has 2 unspecified atom stereocenters. The van der Waals surface area contributed by atoms with Crippen LogP contribution >= 0.6 is 0 Å². The number of piperidine rings is 1. The SMILES string of the molecule is [C-]#[N+]c1cccc(S(=O)(=O)N2C(C)CN(CC(=O)Nc3cc(CN4CCC(N)CC4)ccc3C)CC2C)c1. The molecule has 0 spiro atoms. The molecule has 3 N–H and O–H groups in total. The largest absolute Gasteiger partial charge is 0.328 e. The van der Waals surface area contributed by atoms with E-state index in [0.29, 0.717) is 24.8 Å². The van der Waals surface area contributed by atoms with Crippen LogP contribution < -0.4 is 11.1 Å². The lowest BCUT2D eigenvalue weighted by Crippen LogP contribution is -2.59. The van der Waals surface area contributed by atoms with E-state index in [0.717, 1.165) is 49.3 Å². The monoisotopic (exact) mass is 538 g/mol. The first-order chi connectivity index (χ1) is 18.1. The third-order valence-electron chi connectivity index (χ3n) is 7.42. The maximum atomic E-state index is 13.4. The van der Waals surface area contributed by atoms with Gasteiger partial charge in [-0.1, -0.05) is 24.3 Å². The Morgan fingerprint density at radius 1 is 1.08 bits per heavy atom. The van der Waals surface area contributed by atoms with E-state index in [1.54, 1.807) is 12.1 Å². The summed E-state index contributed by atoms with van der Waals surface area (Å²) in [4.78, 5) is 20.9. The first-order valence-corrected chi connectivity index (χ1v) is 14.6. The molecule has 0 aromatic heterocycles. The van der Waals surface area contributed by atoms with Gasteiger partial charge in [0.2, 0.25) is 15.9 Å². The van der Waals surface area contributed by atoms with Crippen molar-refractivity contribution < 1.29 is 13.2 Å². The Morgan fingerprint density at radius 2 is 1.76 bits per heavy atom. The van der Waals surface area contributed by atoms with Gasteiger partial charge >= 0.3 is 0 Å². The van der Waals surface area contributed by atoms with Crippen molar-refractivity contribution in [2.75, 3.05) is 38.0 Å². The van der Waals surface area contributed by atoms with Gasteiger partial charge in [0.05, 0.1) is 18.0 Å². The lowest BCUT2D eigenvalue weighted by Gasteiger charge is -2.43. The van der Waals surface area contributed by atoms with E-state index in [1.165, 1.54) is 16.4 Å². The van der Waals surface area contributed by atoms with Gasteiger partial charge < -0.3 is 11.1 Å². The van der Waals surface area contributed by atoms with Crippen molar-refractivity contribution in [2.45, 2.75) is 63.2 Å². The van der Waals surface area contributed by atoms with Crippen LogP contribution in [0.25, 0.3) is 4.85 Å². The quantitative estimate of drug-likeness (QED) is 0.525. The number of rotatable bonds is 7. The smallest absolute Gasteiger partial charge is 0.242 e. The summed E-state index contributed by atoms with van der Waals surface area (Å²) in [6.07, 6.45) is 2.02. The standard InChI is InChI=1S/C28H38N6O3S/c1-20-8-9-23(18-32-12-10-24(29)11-13-32)14-27(20)31-28(35)19-33-16-21(2)34(22(3)17-33)38(36,37)26-7-5-6-25(15-26)30-4/h5-9,14-15,21-22,24H,10-13,16-19,29H2,1-3H3,(H,31,35). The Kier molecular flexibility index (Phi) is 8.85. The van der Waals surface area contributed by atoms with E-state index in [4.69, 9.17) is 12.3 Å². The average molecular weight is 539 g/mol. The van der Waals surface area contributed by atoms with E-state index in [1.807, 2.05) is 31.7 Å². The third-order valence-corrected chi connectivity index (χ3v) is 9.54. The summed E-state index contributed by atoms with van der Waals surface area (Å²) in [7, 11) is -3.77. The number of hydrogen-bond donors (Lipinski definition) is 2. The van der Waals surface area contributed by atoms with Crippen LogP contribution in [0, 0.1) is 13.5 Å². The van der Waals surface area contributed by atoms with Crippen LogP contribution in [0.1, 0.15) is 37.8 Å². The van der Waals surface area contributed by atoms with Crippen molar-refractivity contribution in [3.8, 4) is 0 Å². The van der Waals surface area contributed by atoms with E-state index >= 15 is 0 Å². The van der Waals surface area contributed by atoms with Crippen molar-refractivity contribution in [1.82, 2.24) is 14.1 Å². The van der Waals surface area contributed by atoms with Gasteiger partial charge in [-0.3, -0.25) is 14.6 Å². The molecule has 4 rings (SSSR count). The molecular weight excluding hydrogens is 500 g/mol. The summed E-state index contributed by atoms with van der Waals surface area (Å²) in [5, 5.41) is 3.07. The molecule has 2 saturated heterocycles. The summed E-state index contributed by atoms with van der Waals surface area (Å²) in [5.74, 6) is -0.116. The Labute approximate surface area is 226 Å². The fraction of sp³-hybridized carbons (Fsp3) is 0.500. The van der Waals surface area contributed by atoms with Crippen LogP contribution in [-0.4, -0.2) is 79.3 Å². The fourth-order valence-electron chi connectivity index (χ4n) is 5.52. The summed E-state index contributed by atoms with van der Waals surface area (Å²) in [6.45, 7) is 16.8. The zero-order valence-electron chi connectivity index (χ0n) is 22.4. The molecule has 38 heavy (non-hydrogen) atoms. The molecule has 1 amide bonds. The van der Waals surface area contributed by atoms with Crippen molar-refractivity contribution >= 4 is 27.3 Å². The number of likely N-dealkylation sites (tertiary alicyclic amines) is 1. The maximum absolute atomic E-state index is 13.4. The molecular formula is C28H38N6O3S. The number of aryl methyl sites for hydroxylation is 1. The molecule has 2 heterocycles. The van der Waals surface area contributed by atoms with Gasteiger partial charge in [-0.15, -0.1) is 0 Å². The molecule has 9 nitrogen and oxygen atoms in total. The van der Waals surface area contributed by atoms with Gasteiger partial charge in [-0.25, -0.2) is 13.3 Å². The molecule has 10 heteroatoms. The van der Waals surface area contributed by atoms with Crippen molar-refractivity contribution in [2.24, 2.45) is 5.73 Å². The van der Waals surface area contributed by atoms with Gasteiger partial charge in [-0.05, 0) is 76.0 Å². The van der Waals surface area contributed by atoms with E-state index < -0.39 is 10.0 Å². The molecule has 2 aliphatic heterocycles. The number of piperazine rings is 1. The third kappa shape index (κ3) is 6.60. The highest BCUT2D eigenvalue weighted by molar-refractivity contribution is 7.89. The zero-order valence-corrected chi connectivity index (χ0v) is 23.2. The Bertz CT molecular complexity index is 1290. The lowest BCUT2D eigenvalue weighted by molar-refractivity contribution is -0.118. The van der Waals surface area contributed by atoms with Crippen LogP contribution in [-0.2, 0) is 21.4 Å². The molecule has 0 bridgehead atoms. The minimum absolute atomic E-state index is 0.116. The molecule has 0 saturated carbocycles.